The molecule has 4 aromatic rings. The van der Waals surface area contributed by atoms with Gasteiger partial charge in [-0.3, -0.25) is 9.59 Å². The maximum absolute atomic E-state index is 12.1. The van der Waals surface area contributed by atoms with Gasteiger partial charge in [0.2, 0.25) is 0 Å². The Balaban J connectivity index is 1.28. The molecule has 1 heterocycles. The number of nitrogens with zero attached hydrogens (tertiary/aromatic N) is 1. The minimum Gasteiger partial charge on any atom is -0.455 e. The minimum atomic E-state index is -0.447. The first-order valence-electron chi connectivity index (χ1n) is 8.61. The van der Waals surface area contributed by atoms with E-state index in [1.54, 1.807) is 0 Å². The van der Waals surface area contributed by atoms with E-state index in [9.17, 15) is 9.59 Å². The molecule has 4 rings (SSSR count). The first-order chi connectivity index (χ1) is 13.7. The number of anilines is 1. The largest absolute Gasteiger partial charge is 0.455 e. The fourth-order valence-corrected chi connectivity index (χ4v) is 4.61. The number of amides is 1. The highest BCUT2D eigenvalue weighted by Gasteiger charge is 2.11. The fraction of sp³-hybridized carbons (Fsp3) is 0.0952. The average molecular weight is 409 g/mol. The number of hydrogen-bond acceptors (Lipinski definition) is 6. The molecule has 1 amide bonds. The van der Waals surface area contributed by atoms with E-state index in [2.05, 4.69) is 10.3 Å². The zero-order valence-electron chi connectivity index (χ0n) is 14.8. The van der Waals surface area contributed by atoms with Crippen molar-refractivity contribution in [1.82, 2.24) is 4.98 Å². The average Bonchev–Trinajstić information content (AvgIpc) is 3.14. The topological polar surface area (TPSA) is 68.3 Å². The summed E-state index contributed by atoms with van der Waals surface area (Å²) in [5.41, 5.74) is 1.61. The summed E-state index contributed by atoms with van der Waals surface area (Å²) in [7, 11) is 0. The standard InChI is InChI=1S/C21H16N2O3S2/c24-19(22-16-10-5-7-14-6-1-2-8-15(14)16)12-26-20(25)13-27-21-23-17-9-3-4-11-18(17)28-21/h1-11H,12-13H2,(H,22,24). The molecule has 3 aromatic carbocycles. The minimum absolute atomic E-state index is 0.112. The first-order valence-corrected chi connectivity index (χ1v) is 10.4. The van der Waals surface area contributed by atoms with Gasteiger partial charge in [-0.2, -0.15) is 0 Å². The maximum Gasteiger partial charge on any atom is 0.316 e. The molecule has 5 nitrogen and oxygen atoms in total. The molecule has 140 valence electrons. The molecule has 1 aromatic heterocycles. The SMILES string of the molecule is O=C(COC(=O)CSc1nc2ccccc2s1)Nc1cccc2ccccc12. The monoisotopic (exact) mass is 408 g/mol. The van der Waals surface area contributed by atoms with Crippen molar-refractivity contribution >= 4 is 61.7 Å². The molecule has 0 aliphatic rings. The molecule has 0 radical (unpaired) electrons. The van der Waals surface area contributed by atoms with Gasteiger partial charge < -0.3 is 10.1 Å². The maximum atomic E-state index is 12.1. The molecule has 0 aliphatic carbocycles. The van der Waals surface area contributed by atoms with Crippen molar-refractivity contribution in [2.75, 3.05) is 17.7 Å². The zero-order valence-corrected chi connectivity index (χ0v) is 16.4. The van der Waals surface area contributed by atoms with E-state index in [0.717, 1.165) is 25.3 Å². The highest BCUT2D eigenvalue weighted by atomic mass is 32.2. The number of esters is 1. The van der Waals surface area contributed by atoms with E-state index in [4.69, 9.17) is 4.74 Å². The van der Waals surface area contributed by atoms with E-state index < -0.39 is 5.97 Å². The lowest BCUT2D eigenvalue weighted by molar-refractivity contribution is -0.144. The van der Waals surface area contributed by atoms with Crippen LogP contribution in [0, 0.1) is 0 Å². The van der Waals surface area contributed by atoms with Crippen LogP contribution < -0.4 is 5.32 Å². The van der Waals surface area contributed by atoms with Gasteiger partial charge in [0.25, 0.3) is 5.91 Å². The number of benzene rings is 3. The van der Waals surface area contributed by atoms with E-state index in [0.29, 0.717) is 5.69 Å². The van der Waals surface area contributed by atoms with Crippen LogP contribution in [0.4, 0.5) is 5.69 Å². The molecular weight excluding hydrogens is 392 g/mol. The van der Waals surface area contributed by atoms with Crippen molar-refractivity contribution in [3.05, 3.63) is 66.7 Å². The van der Waals surface area contributed by atoms with Gasteiger partial charge in [0.05, 0.1) is 16.0 Å². The van der Waals surface area contributed by atoms with E-state index in [-0.39, 0.29) is 18.3 Å². The summed E-state index contributed by atoms with van der Waals surface area (Å²) in [6.07, 6.45) is 0. The normalized spacial score (nSPS) is 10.9. The molecule has 7 heteroatoms. The predicted octanol–water partition coefficient (Wildman–Crippen LogP) is 4.72. The van der Waals surface area contributed by atoms with Crippen LogP contribution in [0.15, 0.2) is 71.1 Å². The molecule has 0 unspecified atom stereocenters. The Morgan fingerprint density at radius 3 is 2.68 bits per heavy atom. The molecule has 0 spiro atoms. The second kappa shape index (κ2) is 8.41. The zero-order chi connectivity index (χ0) is 19.3. The summed E-state index contributed by atoms with van der Waals surface area (Å²) in [4.78, 5) is 28.6. The van der Waals surface area contributed by atoms with Gasteiger partial charge in [-0.1, -0.05) is 60.3 Å². The molecule has 0 atom stereocenters. The second-order valence-corrected chi connectivity index (χ2v) is 8.22. The van der Waals surface area contributed by atoms with Gasteiger partial charge in [0.15, 0.2) is 10.9 Å². The Kier molecular flexibility index (Phi) is 5.55. The number of carbonyl (C=O) groups excluding carboxylic acids is 2. The Bertz CT molecular complexity index is 1120. The van der Waals surface area contributed by atoms with Crippen LogP contribution in [-0.2, 0) is 14.3 Å². The molecule has 0 fully saturated rings. The molecule has 1 N–H and O–H groups in total. The van der Waals surface area contributed by atoms with Gasteiger partial charge >= 0.3 is 5.97 Å². The molecule has 0 saturated heterocycles. The van der Waals surface area contributed by atoms with Gasteiger partial charge in [-0.15, -0.1) is 11.3 Å². The van der Waals surface area contributed by atoms with Crippen LogP contribution in [0.25, 0.3) is 21.0 Å². The number of para-hydroxylation sites is 1. The van der Waals surface area contributed by atoms with Crippen molar-refractivity contribution in [2.24, 2.45) is 0 Å². The fourth-order valence-electron chi connectivity index (χ4n) is 2.74. The van der Waals surface area contributed by atoms with Crippen molar-refractivity contribution in [3.8, 4) is 0 Å². The van der Waals surface area contributed by atoms with Gasteiger partial charge in [-0.25, -0.2) is 4.98 Å². The highest BCUT2D eigenvalue weighted by molar-refractivity contribution is 8.01. The molecule has 0 saturated carbocycles. The van der Waals surface area contributed by atoms with Crippen LogP contribution in [-0.4, -0.2) is 29.2 Å². The number of fused-ring (bicyclic) bond motifs is 2. The van der Waals surface area contributed by atoms with Crippen LogP contribution in [0.3, 0.4) is 0 Å². The van der Waals surface area contributed by atoms with E-state index in [1.165, 1.54) is 23.1 Å². The molecule has 28 heavy (non-hydrogen) atoms. The third kappa shape index (κ3) is 4.32. The third-order valence-corrected chi connectivity index (χ3v) is 6.17. The van der Waals surface area contributed by atoms with E-state index >= 15 is 0 Å². The van der Waals surface area contributed by atoms with Crippen molar-refractivity contribution in [2.45, 2.75) is 4.34 Å². The summed E-state index contributed by atoms with van der Waals surface area (Å²) >= 11 is 2.84. The Morgan fingerprint density at radius 1 is 1.00 bits per heavy atom. The van der Waals surface area contributed by atoms with Crippen molar-refractivity contribution < 1.29 is 14.3 Å². The number of nitrogens with one attached hydrogen (secondary N) is 1. The molecular formula is C21H16N2O3S2. The van der Waals surface area contributed by atoms with Crippen LogP contribution in [0.2, 0.25) is 0 Å². The van der Waals surface area contributed by atoms with Crippen LogP contribution in [0.1, 0.15) is 0 Å². The van der Waals surface area contributed by atoms with Crippen LogP contribution in [0.5, 0.6) is 0 Å². The quantitative estimate of drug-likeness (QED) is 0.369. The van der Waals surface area contributed by atoms with Crippen molar-refractivity contribution in [1.29, 1.82) is 0 Å². The number of rotatable bonds is 6. The van der Waals surface area contributed by atoms with E-state index in [1.807, 2.05) is 66.7 Å². The lowest BCUT2D eigenvalue weighted by atomic mass is 10.1. The summed E-state index contributed by atoms with van der Waals surface area (Å²) in [6.45, 7) is -0.317. The Hall–Kier alpha value is -2.90. The number of aromatic nitrogens is 1. The Labute approximate surface area is 169 Å². The summed E-state index contributed by atoms with van der Waals surface area (Å²) in [5.74, 6) is -0.700. The molecule has 0 aliphatic heterocycles. The number of hydrogen-bond donors (Lipinski definition) is 1. The number of carbonyl (C=O) groups is 2. The number of thioether (sulfide) groups is 1. The first kappa shape index (κ1) is 18.5. The number of ether oxygens (including phenoxy) is 1. The Morgan fingerprint density at radius 2 is 1.79 bits per heavy atom. The van der Waals surface area contributed by atoms with Gasteiger partial charge in [0.1, 0.15) is 0 Å². The van der Waals surface area contributed by atoms with Gasteiger partial charge in [0, 0.05) is 11.1 Å². The number of thiazole rings is 1. The lowest BCUT2D eigenvalue weighted by Gasteiger charge is -2.09. The summed E-state index contributed by atoms with van der Waals surface area (Å²) in [6, 6.07) is 21.3. The summed E-state index contributed by atoms with van der Waals surface area (Å²) < 4.78 is 6.97. The smallest absolute Gasteiger partial charge is 0.316 e. The lowest BCUT2D eigenvalue weighted by Crippen LogP contribution is -2.21. The van der Waals surface area contributed by atoms with Gasteiger partial charge in [-0.05, 0) is 23.6 Å². The van der Waals surface area contributed by atoms with Crippen LogP contribution >= 0.6 is 23.1 Å². The third-order valence-electron chi connectivity index (χ3n) is 4.02. The predicted molar refractivity (Wildman–Crippen MR) is 114 cm³/mol. The highest BCUT2D eigenvalue weighted by Crippen LogP contribution is 2.29. The summed E-state index contributed by atoms with van der Waals surface area (Å²) in [5, 5.41) is 4.77. The molecule has 0 bridgehead atoms. The van der Waals surface area contributed by atoms with Crippen molar-refractivity contribution in [3.63, 3.8) is 0 Å². The second-order valence-electron chi connectivity index (χ2n) is 5.97.